The number of rotatable bonds is 6. The molecule has 0 aliphatic rings. The first-order valence-electron chi connectivity index (χ1n) is 8.15. The fraction of sp³-hybridized carbons (Fsp3) is 0.389. The summed E-state index contributed by atoms with van der Waals surface area (Å²) in [4.78, 5) is 24.3. The van der Waals surface area contributed by atoms with Gasteiger partial charge in [0.2, 0.25) is 0 Å². The van der Waals surface area contributed by atoms with Crippen molar-refractivity contribution in [1.82, 2.24) is 14.5 Å². The summed E-state index contributed by atoms with van der Waals surface area (Å²) in [5.74, 6) is 0.972. The lowest BCUT2D eigenvalue weighted by Crippen LogP contribution is -2.24. The number of aromatic nitrogens is 3. The van der Waals surface area contributed by atoms with Gasteiger partial charge in [-0.3, -0.25) is 14.3 Å². The maximum atomic E-state index is 13.1. The zero-order chi connectivity index (χ0) is 17.1. The van der Waals surface area contributed by atoms with E-state index in [2.05, 4.69) is 11.9 Å². The Morgan fingerprint density at radius 2 is 2.12 bits per heavy atom. The maximum Gasteiger partial charge on any atom is 0.263 e. The van der Waals surface area contributed by atoms with Crippen molar-refractivity contribution in [2.75, 3.05) is 5.75 Å². The molecule has 0 atom stereocenters. The van der Waals surface area contributed by atoms with E-state index < -0.39 is 0 Å². The second-order valence-electron chi connectivity index (χ2n) is 5.77. The predicted molar refractivity (Wildman–Crippen MR) is 102 cm³/mol. The van der Waals surface area contributed by atoms with E-state index >= 15 is 0 Å². The van der Waals surface area contributed by atoms with E-state index in [1.807, 2.05) is 32.0 Å². The van der Waals surface area contributed by atoms with Gasteiger partial charge in [-0.25, -0.2) is 4.98 Å². The Morgan fingerprint density at radius 1 is 1.29 bits per heavy atom. The standard InChI is InChI=1S/C18H21N3OS2/c1-4-5-10-23-18-20-16-15(12(2)13(3)24-16)17(22)21(18)11-14-8-6-7-9-19-14/h6-9H,4-5,10-11H2,1-3H3. The molecule has 3 rings (SSSR count). The van der Waals surface area contributed by atoms with Crippen LogP contribution in [-0.2, 0) is 6.54 Å². The maximum absolute atomic E-state index is 13.1. The molecule has 3 heterocycles. The minimum absolute atomic E-state index is 0.0477. The van der Waals surface area contributed by atoms with E-state index in [1.54, 1.807) is 33.9 Å². The van der Waals surface area contributed by atoms with Crippen LogP contribution in [0.2, 0.25) is 0 Å². The van der Waals surface area contributed by atoms with Crippen LogP contribution in [0.15, 0.2) is 34.3 Å². The number of unbranched alkanes of at least 4 members (excludes halogenated alkanes) is 1. The average molecular weight is 360 g/mol. The number of fused-ring (bicyclic) bond motifs is 1. The smallest absolute Gasteiger partial charge is 0.263 e. The molecule has 0 N–H and O–H groups in total. The van der Waals surface area contributed by atoms with Crippen molar-refractivity contribution in [2.24, 2.45) is 0 Å². The van der Waals surface area contributed by atoms with Gasteiger partial charge in [-0.15, -0.1) is 11.3 Å². The monoisotopic (exact) mass is 359 g/mol. The van der Waals surface area contributed by atoms with Gasteiger partial charge in [0.1, 0.15) is 4.83 Å². The zero-order valence-corrected chi connectivity index (χ0v) is 15.8. The Balaban J connectivity index is 2.11. The zero-order valence-electron chi connectivity index (χ0n) is 14.2. The molecule has 0 fully saturated rings. The number of hydrogen-bond acceptors (Lipinski definition) is 5. The van der Waals surface area contributed by atoms with Crippen molar-refractivity contribution in [3.8, 4) is 0 Å². The van der Waals surface area contributed by atoms with Gasteiger partial charge >= 0.3 is 0 Å². The molecule has 0 amide bonds. The minimum Gasteiger partial charge on any atom is -0.281 e. The second kappa shape index (κ2) is 7.49. The van der Waals surface area contributed by atoms with E-state index in [4.69, 9.17) is 4.98 Å². The highest BCUT2D eigenvalue weighted by Gasteiger charge is 2.17. The largest absolute Gasteiger partial charge is 0.281 e. The highest BCUT2D eigenvalue weighted by atomic mass is 32.2. The lowest BCUT2D eigenvalue weighted by Gasteiger charge is -2.11. The van der Waals surface area contributed by atoms with Crippen molar-refractivity contribution in [1.29, 1.82) is 0 Å². The second-order valence-corrected chi connectivity index (χ2v) is 8.04. The number of thioether (sulfide) groups is 1. The van der Waals surface area contributed by atoms with Crippen molar-refractivity contribution in [2.45, 2.75) is 45.3 Å². The molecular weight excluding hydrogens is 338 g/mol. The van der Waals surface area contributed by atoms with Gasteiger partial charge in [0.25, 0.3) is 5.56 Å². The van der Waals surface area contributed by atoms with Gasteiger partial charge in [0, 0.05) is 16.8 Å². The Kier molecular flexibility index (Phi) is 5.36. The van der Waals surface area contributed by atoms with Crippen molar-refractivity contribution >= 4 is 33.3 Å². The quantitative estimate of drug-likeness (QED) is 0.371. The van der Waals surface area contributed by atoms with Gasteiger partial charge in [0.05, 0.1) is 17.6 Å². The molecule has 0 unspecified atom stereocenters. The molecule has 6 heteroatoms. The summed E-state index contributed by atoms with van der Waals surface area (Å²) in [7, 11) is 0. The fourth-order valence-electron chi connectivity index (χ4n) is 2.52. The highest BCUT2D eigenvalue weighted by molar-refractivity contribution is 7.99. The van der Waals surface area contributed by atoms with E-state index in [9.17, 15) is 4.79 Å². The number of hydrogen-bond donors (Lipinski definition) is 0. The summed E-state index contributed by atoms with van der Waals surface area (Å²) in [6.45, 7) is 6.69. The summed E-state index contributed by atoms with van der Waals surface area (Å²) in [5, 5.41) is 1.56. The Labute approximate surface area is 150 Å². The van der Waals surface area contributed by atoms with Crippen LogP contribution in [-0.4, -0.2) is 20.3 Å². The van der Waals surface area contributed by atoms with Crippen LogP contribution >= 0.6 is 23.1 Å². The summed E-state index contributed by atoms with van der Waals surface area (Å²) in [6, 6.07) is 5.78. The molecule has 0 bridgehead atoms. The van der Waals surface area contributed by atoms with Crippen LogP contribution in [0.25, 0.3) is 10.2 Å². The van der Waals surface area contributed by atoms with Gasteiger partial charge in [-0.1, -0.05) is 31.2 Å². The lowest BCUT2D eigenvalue weighted by molar-refractivity contribution is 0.647. The van der Waals surface area contributed by atoms with E-state index in [-0.39, 0.29) is 5.56 Å². The molecule has 0 aliphatic carbocycles. The summed E-state index contributed by atoms with van der Waals surface area (Å²) >= 11 is 3.27. The number of pyridine rings is 1. The number of aryl methyl sites for hydroxylation is 2. The third-order valence-electron chi connectivity index (χ3n) is 4.03. The molecule has 4 nitrogen and oxygen atoms in total. The Morgan fingerprint density at radius 3 is 2.83 bits per heavy atom. The van der Waals surface area contributed by atoms with Gasteiger partial charge < -0.3 is 0 Å². The molecule has 0 saturated carbocycles. The molecule has 0 aromatic carbocycles. The van der Waals surface area contributed by atoms with Crippen LogP contribution in [0.3, 0.4) is 0 Å². The first-order valence-corrected chi connectivity index (χ1v) is 9.95. The van der Waals surface area contributed by atoms with E-state index in [0.29, 0.717) is 6.54 Å². The Bertz CT molecular complexity index is 900. The SMILES string of the molecule is CCCCSc1nc2sc(C)c(C)c2c(=O)n1Cc1ccccn1. The fourth-order valence-corrected chi connectivity index (χ4v) is 4.67. The number of thiophene rings is 1. The predicted octanol–water partition coefficient (Wildman–Crippen LogP) is 4.41. The van der Waals surface area contributed by atoms with Gasteiger partial charge in [-0.2, -0.15) is 0 Å². The molecule has 0 aliphatic heterocycles. The van der Waals surface area contributed by atoms with Gasteiger partial charge in [0.15, 0.2) is 5.16 Å². The summed E-state index contributed by atoms with van der Waals surface area (Å²) < 4.78 is 1.78. The first kappa shape index (κ1) is 17.2. The van der Waals surface area contributed by atoms with Crippen molar-refractivity contribution < 1.29 is 0 Å². The molecular formula is C18H21N3OS2. The Hall–Kier alpha value is -1.66. The van der Waals surface area contributed by atoms with Crippen LogP contribution < -0.4 is 5.56 Å². The van der Waals surface area contributed by atoms with E-state index in [0.717, 1.165) is 50.1 Å². The third kappa shape index (κ3) is 3.39. The lowest BCUT2D eigenvalue weighted by atomic mass is 10.2. The molecule has 0 radical (unpaired) electrons. The normalized spacial score (nSPS) is 11.3. The molecule has 24 heavy (non-hydrogen) atoms. The van der Waals surface area contributed by atoms with Gasteiger partial charge in [-0.05, 0) is 38.0 Å². The van der Waals surface area contributed by atoms with E-state index in [1.165, 1.54) is 0 Å². The average Bonchev–Trinajstić information content (AvgIpc) is 2.86. The van der Waals surface area contributed by atoms with Crippen molar-refractivity contribution in [3.63, 3.8) is 0 Å². The van der Waals surface area contributed by atoms with Crippen LogP contribution in [0.5, 0.6) is 0 Å². The minimum atomic E-state index is 0.0477. The molecule has 0 saturated heterocycles. The third-order valence-corrected chi connectivity index (χ3v) is 6.19. The number of nitrogens with zero attached hydrogens (tertiary/aromatic N) is 3. The first-order chi connectivity index (χ1) is 11.6. The summed E-state index contributed by atoms with van der Waals surface area (Å²) in [5.41, 5.74) is 1.97. The van der Waals surface area contributed by atoms with Crippen LogP contribution in [0, 0.1) is 13.8 Å². The summed E-state index contributed by atoms with van der Waals surface area (Å²) in [6.07, 6.45) is 4.01. The molecule has 126 valence electrons. The highest BCUT2D eigenvalue weighted by Crippen LogP contribution is 2.28. The molecule has 3 aromatic rings. The molecule has 3 aromatic heterocycles. The molecule has 0 spiro atoms. The van der Waals surface area contributed by atoms with Crippen LogP contribution in [0.4, 0.5) is 0 Å². The van der Waals surface area contributed by atoms with Crippen LogP contribution in [0.1, 0.15) is 35.9 Å². The topological polar surface area (TPSA) is 47.8 Å². The van der Waals surface area contributed by atoms with Crippen molar-refractivity contribution in [3.05, 3.63) is 50.9 Å².